The summed E-state index contributed by atoms with van der Waals surface area (Å²) in [5, 5.41) is 0. The van der Waals surface area contributed by atoms with E-state index in [9.17, 15) is 22.8 Å². The number of fused-ring (bicyclic) bond motifs is 1. The highest BCUT2D eigenvalue weighted by Crippen LogP contribution is 2.24. The molecule has 0 atom stereocenters. The number of carbonyl (C=O) groups is 2. The summed E-state index contributed by atoms with van der Waals surface area (Å²) in [5.74, 6) is -0.841. The van der Waals surface area contributed by atoms with E-state index < -0.39 is 11.9 Å². The second-order valence-corrected chi connectivity index (χ2v) is 6.49. The molecule has 0 aromatic heterocycles. The van der Waals surface area contributed by atoms with Crippen LogP contribution in [0.5, 0.6) is 0 Å². The molecule has 3 nitrogen and oxygen atoms in total. The average molecular weight is 345 g/mol. The topological polar surface area (TPSA) is 37.4 Å². The summed E-state index contributed by atoms with van der Waals surface area (Å²) in [6.07, 6.45) is -1.12. The molecule has 0 fully saturated rings. The molecule has 2 rings (SSSR count). The Hall–Kier alpha value is -1.50. The average Bonchev–Trinajstić information content (AvgIpc) is 2.74. The van der Waals surface area contributed by atoms with Crippen LogP contribution in [0.3, 0.4) is 0 Å². The molecule has 23 heavy (non-hydrogen) atoms. The number of rotatable bonds is 8. The van der Waals surface area contributed by atoms with Gasteiger partial charge in [-0.05, 0) is 30.7 Å². The van der Waals surface area contributed by atoms with Crippen LogP contribution >= 0.6 is 11.8 Å². The van der Waals surface area contributed by atoms with Crippen LogP contribution in [0.2, 0.25) is 0 Å². The van der Waals surface area contributed by atoms with Crippen LogP contribution in [-0.4, -0.2) is 40.9 Å². The number of carbonyl (C=O) groups excluding carboxylic acids is 2. The number of amides is 2. The number of alkyl halides is 3. The zero-order valence-corrected chi connectivity index (χ0v) is 13.4. The van der Waals surface area contributed by atoms with Crippen LogP contribution < -0.4 is 0 Å². The van der Waals surface area contributed by atoms with Crippen molar-refractivity contribution in [1.82, 2.24) is 4.90 Å². The first-order chi connectivity index (χ1) is 10.9. The minimum Gasteiger partial charge on any atom is -0.274 e. The van der Waals surface area contributed by atoms with Gasteiger partial charge in [0.25, 0.3) is 11.8 Å². The SMILES string of the molecule is O=C1c2ccccc2C(=O)N1CCCCCCSCC(F)(F)F. The molecule has 1 aromatic carbocycles. The van der Waals surface area contributed by atoms with Gasteiger partial charge in [-0.3, -0.25) is 14.5 Å². The Morgan fingerprint density at radius 3 is 2.04 bits per heavy atom. The van der Waals surface area contributed by atoms with E-state index in [-0.39, 0.29) is 11.8 Å². The van der Waals surface area contributed by atoms with Gasteiger partial charge in [-0.2, -0.15) is 24.9 Å². The molecule has 1 aliphatic rings. The van der Waals surface area contributed by atoms with Crippen LogP contribution in [0.4, 0.5) is 13.2 Å². The Morgan fingerprint density at radius 1 is 0.913 bits per heavy atom. The molecule has 0 N–H and O–H groups in total. The van der Waals surface area contributed by atoms with Crippen LogP contribution in [0.25, 0.3) is 0 Å². The van der Waals surface area contributed by atoms with Crippen molar-refractivity contribution in [3.63, 3.8) is 0 Å². The van der Waals surface area contributed by atoms with Crippen molar-refractivity contribution in [1.29, 1.82) is 0 Å². The lowest BCUT2D eigenvalue weighted by atomic mass is 10.1. The second-order valence-electron chi connectivity index (χ2n) is 5.39. The van der Waals surface area contributed by atoms with Gasteiger partial charge in [-0.15, -0.1) is 0 Å². The zero-order chi connectivity index (χ0) is 16.9. The first-order valence-corrected chi connectivity index (χ1v) is 8.65. The standard InChI is InChI=1S/C16H18F3NO2S/c17-16(18,19)11-23-10-6-2-1-5-9-20-14(21)12-7-3-4-8-13(12)15(20)22/h3-4,7-8H,1-2,5-6,9-11H2. The quantitative estimate of drug-likeness (QED) is 0.525. The highest BCUT2D eigenvalue weighted by Gasteiger charge is 2.34. The number of nitrogens with zero attached hydrogens (tertiary/aromatic N) is 1. The van der Waals surface area contributed by atoms with Crippen molar-refractivity contribution < 1.29 is 22.8 Å². The molecule has 2 amide bonds. The summed E-state index contributed by atoms with van der Waals surface area (Å²) >= 11 is 0.892. The monoisotopic (exact) mass is 345 g/mol. The molecular formula is C16H18F3NO2S. The Balaban J connectivity index is 1.63. The van der Waals surface area contributed by atoms with Gasteiger partial charge in [-0.25, -0.2) is 0 Å². The highest BCUT2D eigenvalue weighted by atomic mass is 32.2. The van der Waals surface area contributed by atoms with Gasteiger partial charge in [0.15, 0.2) is 0 Å². The molecule has 0 saturated heterocycles. The van der Waals surface area contributed by atoms with E-state index in [0.29, 0.717) is 36.3 Å². The van der Waals surface area contributed by atoms with E-state index >= 15 is 0 Å². The smallest absolute Gasteiger partial charge is 0.274 e. The van der Waals surface area contributed by atoms with Crippen molar-refractivity contribution in [2.45, 2.75) is 31.9 Å². The highest BCUT2D eigenvalue weighted by molar-refractivity contribution is 7.99. The Labute approximate surface area is 137 Å². The molecule has 0 radical (unpaired) electrons. The molecule has 0 saturated carbocycles. The summed E-state index contributed by atoms with van der Waals surface area (Å²) in [5.41, 5.74) is 0.891. The molecule has 1 aliphatic heterocycles. The van der Waals surface area contributed by atoms with Crippen LogP contribution in [0, 0.1) is 0 Å². The van der Waals surface area contributed by atoms with Gasteiger partial charge < -0.3 is 0 Å². The summed E-state index contributed by atoms with van der Waals surface area (Å²) in [6.45, 7) is 0.363. The molecule has 1 heterocycles. The number of halogens is 3. The van der Waals surface area contributed by atoms with Gasteiger partial charge in [0.1, 0.15) is 0 Å². The van der Waals surface area contributed by atoms with Crippen LogP contribution in [0.15, 0.2) is 24.3 Å². The number of unbranched alkanes of at least 4 members (excludes halogenated alkanes) is 3. The third-order valence-corrected chi connectivity index (χ3v) is 4.67. The minimum absolute atomic E-state index is 0.258. The minimum atomic E-state index is -4.10. The summed E-state index contributed by atoms with van der Waals surface area (Å²) in [4.78, 5) is 25.5. The van der Waals surface area contributed by atoms with Gasteiger partial charge in [-0.1, -0.05) is 25.0 Å². The zero-order valence-electron chi connectivity index (χ0n) is 12.6. The fourth-order valence-corrected chi connectivity index (χ4v) is 3.24. The number of thioether (sulfide) groups is 1. The van der Waals surface area contributed by atoms with Crippen molar-refractivity contribution in [2.75, 3.05) is 18.1 Å². The van der Waals surface area contributed by atoms with Crippen LogP contribution in [-0.2, 0) is 0 Å². The number of benzene rings is 1. The molecule has 0 bridgehead atoms. The first kappa shape index (κ1) is 17.8. The van der Waals surface area contributed by atoms with Crippen molar-refractivity contribution in [3.05, 3.63) is 35.4 Å². The van der Waals surface area contributed by atoms with E-state index in [1.54, 1.807) is 24.3 Å². The van der Waals surface area contributed by atoms with Crippen molar-refractivity contribution in [2.24, 2.45) is 0 Å². The summed E-state index contributed by atoms with van der Waals surface area (Å²) < 4.78 is 35.9. The second kappa shape index (κ2) is 7.86. The van der Waals surface area contributed by atoms with Gasteiger partial charge in [0.2, 0.25) is 0 Å². The Morgan fingerprint density at radius 2 is 1.48 bits per heavy atom. The molecule has 7 heteroatoms. The molecule has 1 aromatic rings. The Kier molecular flexibility index (Phi) is 6.10. The lowest BCUT2D eigenvalue weighted by Crippen LogP contribution is -2.30. The number of hydrogen-bond acceptors (Lipinski definition) is 3. The molecule has 126 valence electrons. The number of hydrogen-bond donors (Lipinski definition) is 0. The molecule has 0 unspecified atom stereocenters. The van der Waals surface area contributed by atoms with Gasteiger partial charge >= 0.3 is 6.18 Å². The molecule has 0 spiro atoms. The van der Waals surface area contributed by atoms with Gasteiger partial charge in [0, 0.05) is 6.54 Å². The summed E-state index contributed by atoms with van der Waals surface area (Å²) in [6, 6.07) is 6.75. The van der Waals surface area contributed by atoms with E-state index in [4.69, 9.17) is 0 Å². The van der Waals surface area contributed by atoms with Crippen molar-refractivity contribution >= 4 is 23.6 Å². The van der Waals surface area contributed by atoms with E-state index in [2.05, 4.69) is 0 Å². The summed E-state index contributed by atoms with van der Waals surface area (Å²) in [7, 11) is 0. The predicted molar refractivity (Wildman–Crippen MR) is 83.7 cm³/mol. The fourth-order valence-electron chi connectivity index (χ4n) is 2.46. The third-order valence-electron chi connectivity index (χ3n) is 3.56. The Bertz CT molecular complexity index is 540. The van der Waals surface area contributed by atoms with Crippen molar-refractivity contribution in [3.8, 4) is 0 Å². The largest absolute Gasteiger partial charge is 0.397 e. The number of imide groups is 1. The lowest BCUT2D eigenvalue weighted by molar-refractivity contribution is -0.105. The predicted octanol–water partition coefficient (Wildman–Crippen LogP) is 4.14. The van der Waals surface area contributed by atoms with Gasteiger partial charge in [0.05, 0.1) is 16.9 Å². The lowest BCUT2D eigenvalue weighted by Gasteiger charge is -2.13. The maximum atomic E-state index is 12.1. The molecule has 0 aliphatic carbocycles. The maximum absolute atomic E-state index is 12.1. The molecular weight excluding hydrogens is 327 g/mol. The normalized spacial score (nSPS) is 14.5. The first-order valence-electron chi connectivity index (χ1n) is 7.50. The fraction of sp³-hybridized carbons (Fsp3) is 0.500. The van der Waals surface area contributed by atoms with E-state index in [1.165, 1.54) is 4.90 Å². The van der Waals surface area contributed by atoms with Crippen LogP contribution in [0.1, 0.15) is 46.4 Å². The van der Waals surface area contributed by atoms with E-state index in [1.807, 2.05) is 0 Å². The van der Waals surface area contributed by atoms with E-state index in [0.717, 1.165) is 24.6 Å². The third kappa shape index (κ3) is 4.99. The maximum Gasteiger partial charge on any atom is 0.397 e.